The Labute approximate surface area is 201 Å². The summed E-state index contributed by atoms with van der Waals surface area (Å²) in [7, 11) is 1.86. The van der Waals surface area contributed by atoms with E-state index in [0.29, 0.717) is 12.1 Å². The van der Waals surface area contributed by atoms with Crippen LogP contribution in [0.4, 0.5) is 5.69 Å². The number of aliphatic imine (C=N–C) groups is 2. The molecule has 172 valence electrons. The van der Waals surface area contributed by atoms with Crippen molar-refractivity contribution in [2.75, 3.05) is 31.6 Å². The van der Waals surface area contributed by atoms with Gasteiger partial charge in [-0.25, -0.2) is 0 Å². The van der Waals surface area contributed by atoms with E-state index in [1.165, 1.54) is 5.69 Å². The Morgan fingerprint density at radius 1 is 1.03 bits per heavy atom. The first-order chi connectivity index (χ1) is 16.6. The van der Waals surface area contributed by atoms with Crippen molar-refractivity contribution in [3.63, 3.8) is 0 Å². The molecule has 3 unspecified atom stereocenters. The monoisotopic (exact) mass is 451 g/mol. The molecule has 6 nitrogen and oxygen atoms in total. The molecular formula is C28H29N5O. The number of fused-ring (bicyclic) bond motifs is 1. The molecule has 5 rings (SSSR count). The minimum atomic E-state index is 0.0706. The molecule has 1 saturated heterocycles. The number of morpholine rings is 1. The van der Waals surface area contributed by atoms with Crippen LogP contribution in [0.3, 0.4) is 0 Å². The summed E-state index contributed by atoms with van der Waals surface area (Å²) in [5.74, 6) is 0.0706. The molecule has 6 heteroatoms. The molecule has 1 fully saturated rings. The fraction of sp³-hybridized carbons (Fsp3) is 0.321. The van der Waals surface area contributed by atoms with Gasteiger partial charge in [0.05, 0.1) is 42.0 Å². The summed E-state index contributed by atoms with van der Waals surface area (Å²) in [6.45, 7) is 6.73. The molecule has 0 aliphatic carbocycles. The van der Waals surface area contributed by atoms with Crippen molar-refractivity contribution in [3.8, 4) is 6.07 Å². The zero-order valence-electron chi connectivity index (χ0n) is 19.8. The molecule has 34 heavy (non-hydrogen) atoms. The zero-order valence-corrected chi connectivity index (χ0v) is 19.8. The molecule has 3 aliphatic heterocycles. The van der Waals surface area contributed by atoms with Crippen LogP contribution in [-0.4, -0.2) is 50.8 Å². The molecule has 3 aliphatic rings. The van der Waals surface area contributed by atoms with E-state index in [2.05, 4.69) is 65.6 Å². The molecular weight excluding hydrogens is 422 g/mol. The van der Waals surface area contributed by atoms with Gasteiger partial charge in [0.15, 0.2) is 0 Å². The third-order valence-electron chi connectivity index (χ3n) is 6.65. The first-order valence-corrected chi connectivity index (χ1v) is 11.8. The number of rotatable bonds is 3. The molecule has 3 heterocycles. The van der Waals surface area contributed by atoms with Gasteiger partial charge in [0, 0.05) is 55.1 Å². The topological polar surface area (TPSA) is 73.0 Å². The SMILES string of the molecule is CN=C1C(c2ccc(N3CC(C)OC(C)C3)cc2)=CNC2=C(c3ccc(C#N)cc3)C=NCC12. The van der Waals surface area contributed by atoms with Crippen LogP contribution in [0.2, 0.25) is 0 Å². The lowest BCUT2D eigenvalue weighted by Crippen LogP contribution is -2.45. The summed E-state index contributed by atoms with van der Waals surface area (Å²) in [6.07, 6.45) is 4.45. The largest absolute Gasteiger partial charge is 0.372 e. The number of hydrogen-bond acceptors (Lipinski definition) is 6. The van der Waals surface area contributed by atoms with Crippen LogP contribution in [0.5, 0.6) is 0 Å². The van der Waals surface area contributed by atoms with E-state index < -0.39 is 0 Å². The van der Waals surface area contributed by atoms with Crippen molar-refractivity contribution >= 4 is 28.8 Å². The van der Waals surface area contributed by atoms with Gasteiger partial charge in [0.1, 0.15) is 0 Å². The van der Waals surface area contributed by atoms with Gasteiger partial charge in [-0.3, -0.25) is 9.98 Å². The van der Waals surface area contributed by atoms with Gasteiger partial charge in [0.2, 0.25) is 0 Å². The average Bonchev–Trinajstić information content (AvgIpc) is 2.87. The Hall–Kier alpha value is -3.69. The Balaban J connectivity index is 1.44. The summed E-state index contributed by atoms with van der Waals surface area (Å²) >= 11 is 0. The quantitative estimate of drug-likeness (QED) is 0.755. The minimum Gasteiger partial charge on any atom is -0.372 e. The van der Waals surface area contributed by atoms with Gasteiger partial charge < -0.3 is 15.0 Å². The maximum absolute atomic E-state index is 9.11. The highest BCUT2D eigenvalue weighted by atomic mass is 16.5. The smallest absolute Gasteiger partial charge is 0.0991 e. The lowest BCUT2D eigenvalue weighted by atomic mass is 9.83. The van der Waals surface area contributed by atoms with Gasteiger partial charge in [-0.1, -0.05) is 24.3 Å². The molecule has 0 aromatic heterocycles. The normalized spacial score (nSPS) is 25.5. The van der Waals surface area contributed by atoms with Crippen LogP contribution in [0.25, 0.3) is 11.1 Å². The molecule has 2 aromatic carbocycles. The standard InChI is InChI=1S/C28H29N5O/c1-18-16-33(17-19(2)34-18)23-10-8-22(9-11-23)25-15-32-28-24(13-31-14-26(28)27(25)30-3)21-6-4-20(12-29)5-7-21/h4-11,13,15,18-19,26,32H,14,16-17H2,1-3H3. The number of nitrogens with zero attached hydrogens (tertiary/aromatic N) is 4. The highest BCUT2D eigenvalue weighted by Crippen LogP contribution is 2.34. The van der Waals surface area contributed by atoms with Gasteiger partial charge in [0.25, 0.3) is 0 Å². The van der Waals surface area contributed by atoms with E-state index >= 15 is 0 Å². The van der Waals surface area contributed by atoms with Crippen LogP contribution in [-0.2, 0) is 4.74 Å². The number of benzene rings is 2. The first kappa shape index (κ1) is 22.1. The number of nitriles is 1. The summed E-state index contributed by atoms with van der Waals surface area (Å²) in [5, 5.41) is 12.7. The lowest BCUT2D eigenvalue weighted by molar-refractivity contribution is -0.00521. The molecule has 3 atom stereocenters. The van der Waals surface area contributed by atoms with Gasteiger partial charge in [-0.2, -0.15) is 5.26 Å². The van der Waals surface area contributed by atoms with Gasteiger partial charge >= 0.3 is 0 Å². The van der Waals surface area contributed by atoms with E-state index in [0.717, 1.165) is 46.8 Å². The molecule has 0 saturated carbocycles. The Bertz CT molecular complexity index is 1220. The van der Waals surface area contributed by atoms with Crippen molar-refractivity contribution in [2.24, 2.45) is 15.9 Å². The predicted molar refractivity (Wildman–Crippen MR) is 138 cm³/mol. The highest BCUT2D eigenvalue weighted by Gasteiger charge is 2.32. The maximum atomic E-state index is 9.11. The molecule has 0 bridgehead atoms. The van der Waals surface area contributed by atoms with Crippen molar-refractivity contribution in [3.05, 3.63) is 77.1 Å². The minimum absolute atomic E-state index is 0.0706. The Morgan fingerprint density at radius 3 is 2.35 bits per heavy atom. The Kier molecular flexibility index (Phi) is 6.04. The van der Waals surface area contributed by atoms with E-state index in [9.17, 15) is 0 Å². The highest BCUT2D eigenvalue weighted by molar-refractivity contribution is 6.28. The van der Waals surface area contributed by atoms with Crippen LogP contribution >= 0.6 is 0 Å². The number of nitrogens with one attached hydrogen (secondary N) is 1. The van der Waals surface area contributed by atoms with E-state index in [4.69, 9.17) is 15.0 Å². The zero-order chi connectivity index (χ0) is 23.7. The van der Waals surface area contributed by atoms with Crippen LogP contribution in [0, 0.1) is 17.2 Å². The Morgan fingerprint density at radius 2 is 1.71 bits per heavy atom. The fourth-order valence-electron chi connectivity index (χ4n) is 5.11. The van der Waals surface area contributed by atoms with E-state index in [1.807, 2.05) is 37.5 Å². The second-order valence-electron chi connectivity index (χ2n) is 9.08. The number of hydrogen-bond donors (Lipinski definition) is 1. The molecule has 0 spiro atoms. The number of ether oxygens (including phenoxy) is 1. The summed E-state index contributed by atoms with van der Waals surface area (Å²) in [5.41, 5.74) is 8.34. The van der Waals surface area contributed by atoms with Crippen LogP contribution in [0.1, 0.15) is 30.5 Å². The summed E-state index contributed by atoms with van der Waals surface area (Å²) in [6, 6.07) is 18.6. The van der Waals surface area contributed by atoms with E-state index in [-0.39, 0.29) is 18.1 Å². The molecule has 0 amide bonds. The van der Waals surface area contributed by atoms with Gasteiger partial charge in [-0.15, -0.1) is 0 Å². The fourth-order valence-corrected chi connectivity index (χ4v) is 5.11. The van der Waals surface area contributed by atoms with Crippen LogP contribution in [0.15, 0.2) is 70.4 Å². The van der Waals surface area contributed by atoms with Crippen molar-refractivity contribution in [2.45, 2.75) is 26.1 Å². The second kappa shape index (κ2) is 9.28. The molecule has 2 aromatic rings. The number of anilines is 1. The summed E-state index contributed by atoms with van der Waals surface area (Å²) in [4.78, 5) is 11.8. The van der Waals surface area contributed by atoms with Crippen molar-refractivity contribution in [1.29, 1.82) is 5.26 Å². The number of dihydropyridines is 1. The maximum Gasteiger partial charge on any atom is 0.0991 e. The third-order valence-corrected chi connectivity index (χ3v) is 6.65. The predicted octanol–water partition coefficient (Wildman–Crippen LogP) is 4.30. The average molecular weight is 452 g/mol. The van der Waals surface area contributed by atoms with Crippen molar-refractivity contribution < 1.29 is 4.74 Å². The second-order valence-corrected chi connectivity index (χ2v) is 9.08. The molecule has 0 radical (unpaired) electrons. The third kappa shape index (κ3) is 4.15. The first-order valence-electron chi connectivity index (χ1n) is 11.8. The van der Waals surface area contributed by atoms with Crippen molar-refractivity contribution in [1.82, 2.24) is 5.32 Å². The lowest BCUT2D eigenvalue weighted by Gasteiger charge is -2.37. The molecule has 1 N–H and O–H groups in total. The summed E-state index contributed by atoms with van der Waals surface area (Å²) < 4.78 is 5.88. The van der Waals surface area contributed by atoms with Crippen LogP contribution < -0.4 is 10.2 Å². The van der Waals surface area contributed by atoms with E-state index in [1.54, 1.807) is 0 Å². The van der Waals surface area contributed by atoms with Gasteiger partial charge in [-0.05, 0) is 49.2 Å². The number of allylic oxidation sites excluding steroid dienone is 2.